The van der Waals surface area contributed by atoms with Crippen molar-refractivity contribution in [3.05, 3.63) is 47.5 Å². The predicted molar refractivity (Wildman–Crippen MR) is 148 cm³/mol. The number of nitrogens with one attached hydrogen (secondary N) is 1. The summed E-state index contributed by atoms with van der Waals surface area (Å²) in [6, 6.07) is 13.4. The van der Waals surface area contributed by atoms with Crippen molar-refractivity contribution in [2.24, 2.45) is 0 Å². The molecule has 0 saturated carbocycles. The van der Waals surface area contributed by atoms with E-state index in [1.165, 1.54) is 0 Å². The standard InChI is InChI=1S/C27H38ClN7O2/c1-32(2)14-12-29-27(36)21-34-17-15-33(16-18-34)13-4-3-5-19-37-24-10-11-26-25(20-24)30-31-35(26)23-8-6-22(28)7-9-23/h6-11,20H,3-5,12-19,21H2,1-2H3,(H,29,36). The zero-order chi connectivity index (χ0) is 26.0. The van der Waals surface area contributed by atoms with E-state index in [4.69, 9.17) is 16.3 Å². The average molecular weight is 528 g/mol. The fourth-order valence-electron chi connectivity index (χ4n) is 4.42. The van der Waals surface area contributed by atoms with Gasteiger partial charge in [0, 0.05) is 50.4 Å². The van der Waals surface area contributed by atoms with Crippen LogP contribution in [0.5, 0.6) is 5.75 Å². The molecule has 1 N–H and O–H groups in total. The number of unbranched alkanes of at least 4 members (excludes halogenated alkanes) is 2. The molecule has 1 aromatic heterocycles. The average Bonchev–Trinajstić information content (AvgIpc) is 3.30. The Bertz CT molecular complexity index is 1130. The summed E-state index contributed by atoms with van der Waals surface area (Å²) in [5.74, 6) is 0.943. The Morgan fingerprint density at radius 1 is 1.03 bits per heavy atom. The molecule has 2 aromatic carbocycles. The van der Waals surface area contributed by atoms with Gasteiger partial charge in [-0.3, -0.25) is 9.69 Å². The molecule has 0 aliphatic carbocycles. The van der Waals surface area contributed by atoms with Crippen molar-refractivity contribution >= 4 is 28.5 Å². The second-order valence-electron chi connectivity index (χ2n) is 9.81. The second kappa shape index (κ2) is 13.7. The van der Waals surface area contributed by atoms with Crippen molar-refractivity contribution < 1.29 is 9.53 Å². The first-order chi connectivity index (χ1) is 18.0. The van der Waals surface area contributed by atoms with E-state index in [9.17, 15) is 4.79 Å². The summed E-state index contributed by atoms with van der Waals surface area (Å²) in [6.07, 6.45) is 3.30. The minimum Gasteiger partial charge on any atom is -0.494 e. The molecule has 2 heterocycles. The van der Waals surface area contributed by atoms with Gasteiger partial charge in [-0.2, -0.15) is 0 Å². The molecule has 9 nitrogen and oxygen atoms in total. The molecule has 0 unspecified atom stereocenters. The van der Waals surface area contributed by atoms with Gasteiger partial charge in [-0.25, -0.2) is 4.68 Å². The van der Waals surface area contributed by atoms with Gasteiger partial charge in [-0.15, -0.1) is 5.10 Å². The SMILES string of the molecule is CN(C)CCNC(=O)CN1CCN(CCCCCOc2ccc3c(c2)nnn3-c2ccc(Cl)cc2)CC1. The molecule has 1 fully saturated rings. The number of halogens is 1. The Morgan fingerprint density at radius 3 is 2.54 bits per heavy atom. The number of rotatable bonds is 13. The van der Waals surface area contributed by atoms with Gasteiger partial charge >= 0.3 is 0 Å². The maximum atomic E-state index is 12.1. The molecular formula is C27H38ClN7O2. The van der Waals surface area contributed by atoms with E-state index < -0.39 is 0 Å². The number of nitrogens with zero attached hydrogens (tertiary/aromatic N) is 6. The van der Waals surface area contributed by atoms with Crippen LogP contribution < -0.4 is 10.1 Å². The Kier molecular flexibility index (Phi) is 10.1. The highest BCUT2D eigenvalue weighted by molar-refractivity contribution is 6.30. The van der Waals surface area contributed by atoms with Crippen LogP contribution in [0.15, 0.2) is 42.5 Å². The number of benzene rings is 2. The largest absolute Gasteiger partial charge is 0.494 e. The number of hydrogen-bond donors (Lipinski definition) is 1. The Balaban J connectivity index is 1.09. The number of carbonyl (C=O) groups is 1. The lowest BCUT2D eigenvalue weighted by Crippen LogP contribution is -2.49. The second-order valence-corrected chi connectivity index (χ2v) is 10.2. The van der Waals surface area contributed by atoms with Crippen molar-refractivity contribution in [2.45, 2.75) is 19.3 Å². The molecule has 0 spiro atoms. The van der Waals surface area contributed by atoms with Crippen LogP contribution in [0, 0.1) is 0 Å². The van der Waals surface area contributed by atoms with E-state index >= 15 is 0 Å². The lowest BCUT2D eigenvalue weighted by molar-refractivity contribution is -0.122. The number of fused-ring (bicyclic) bond motifs is 1. The number of aromatic nitrogens is 3. The van der Waals surface area contributed by atoms with Crippen LogP contribution in [0.25, 0.3) is 16.7 Å². The monoisotopic (exact) mass is 527 g/mol. The lowest BCUT2D eigenvalue weighted by atomic mass is 10.2. The van der Waals surface area contributed by atoms with Crippen molar-refractivity contribution in [2.75, 3.05) is 73.1 Å². The van der Waals surface area contributed by atoms with E-state index in [-0.39, 0.29) is 5.91 Å². The third-order valence-corrected chi connectivity index (χ3v) is 6.84. The molecule has 0 radical (unpaired) electrons. The lowest BCUT2D eigenvalue weighted by Gasteiger charge is -2.34. The summed E-state index contributed by atoms with van der Waals surface area (Å²) in [4.78, 5) is 18.9. The highest BCUT2D eigenvalue weighted by atomic mass is 35.5. The van der Waals surface area contributed by atoms with E-state index in [0.717, 1.165) is 81.0 Å². The highest BCUT2D eigenvalue weighted by Gasteiger charge is 2.18. The van der Waals surface area contributed by atoms with E-state index in [1.54, 1.807) is 4.68 Å². The molecule has 1 amide bonds. The summed E-state index contributed by atoms with van der Waals surface area (Å²) in [5.41, 5.74) is 2.65. The van der Waals surface area contributed by atoms with Crippen LogP contribution in [0.4, 0.5) is 0 Å². The Labute approximate surface area is 224 Å². The smallest absolute Gasteiger partial charge is 0.234 e. The summed E-state index contributed by atoms with van der Waals surface area (Å²) < 4.78 is 7.78. The van der Waals surface area contributed by atoms with Gasteiger partial charge < -0.3 is 19.9 Å². The minimum atomic E-state index is 0.126. The predicted octanol–water partition coefficient (Wildman–Crippen LogP) is 2.92. The molecule has 1 aliphatic rings. The van der Waals surface area contributed by atoms with E-state index in [2.05, 4.69) is 30.3 Å². The van der Waals surface area contributed by atoms with Gasteiger partial charge in [-0.05, 0) is 76.3 Å². The first kappa shape index (κ1) is 27.3. The van der Waals surface area contributed by atoms with Crippen molar-refractivity contribution in [3.63, 3.8) is 0 Å². The highest BCUT2D eigenvalue weighted by Crippen LogP contribution is 2.22. The molecule has 1 aliphatic heterocycles. The molecule has 37 heavy (non-hydrogen) atoms. The first-order valence-corrected chi connectivity index (χ1v) is 13.5. The summed E-state index contributed by atoms with van der Waals surface area (Å²) in [5, 5.41) is 12.3. The number of amides is 1. The third kappa shape index (κ3) is 8.39. The van der Waals surface area contributed by atoms with Gasteiger partial charge in [0.2, 0.25) is 5.91 Å². The maximum absolute atomic E-state index is 12.1. The van der Waals surface area contributed by atoms with Crippen molar-refractivity contribution in [3.8, 4) is 11.4 Å². The molecule has 0 atom stereocenters. The van der Waals surface area contributed by atoms with Gasteiger partial charge in [0.15, 0.2) is 0 Å². The first-order valence-electron chi connectivity index (χ1n) is 13.1. The zero-order valence-electron chi connectivity index (χ0n) is 21.9. The Hall–Kier alpha value is -2.72. The summed E-state index contributed by atoms with van der Waals surface area (Å²) in [7, 11) is 4.02. The maximum Gasteiger partial charge on any atom is 0.234 e. The van der Waals surface area contributed by atoms with Crippen LogP contribution in [0.1, 0.15) is 19.3 Å². The van der Waals surface area contributed by atoms with Crippen LogP contribution in [-0.2, 0) is 4.79 Å². The van der Waals surface area contributed by atoms with Crippen LogP contribution in [-0.4, -0.2) is 109 Å². The molecule has 200 valence electrons. The molecule has 0 bridgehead atoms. The number of hydrogen-bond acceptors (Lipinski definition) is 7. The van der Waals surface area contributed by atoms with E-state index in [1.807, 2.05) is 56.6 Å². The summed E-state index contributed by atoms with van der Waals surface area (Å²) in [6.45, 7) is 7.82. The molecule has 10 heteroatoms. The van der Waals surface area contributed by atoms with Gasteiger partial charge in [0.1, 0.15) is 11.3 Å². The van der Waals surface area contributed by atoms with Crippen LogP contribution >= 0.6 is 11.6 Å². The zero-order valence-corrected chi connectivity index (χ0v) is 22.7. The minimum absolute atomic E-state index is 0.126. The van der Waals surface area contributed by atoms with Crippen molar-refractivity contribution in [1.29, 1.82) is 0 Å². The molecule has 3 aromatic rings. The molecular weight excluding hydrogens is 490 g/mol. The fourth-order valence-corrected chi connectivity index (χ4v) is 4.55. The number of likely N-dealkylation sites (N-methyl/N-ethyl adjacent to an activating group) is 1. The van der Waals surface area contributed by atoms with Gasteiger partial charge in [0.05, 0.1) is 24.4 Å². The van der Waals surface area contributed by atoms with Crippen molar-refractivity contribution in [1.82, 2.24) is 35.0 Å². The molecule has 1 saturated heterocycles. The quantitative estimate of drug-likeness (QED) is 0.342. The van der Waals surface area contributed by atoms with Gasteiger partial charge in [-0.1, -0.05) is 16.8 Å². The van der Waals surface area contributed by atoms with E-state index in [0.29, 0.717) is 24.7 Å². The van der Waals surface area contributed by atoms with Crippen LogP contribution in [0.3, 0.4) is 0 Å². The summed E-state index contributed by atoms with van der Waals surface area (Å²) >= 11 is 5.99. The Morgan fingerprint density at radius 2 is 1.78 bits per heavy atom. The van der Waals surface area contributed by atoms with Crippen LogP contribution in [0.2, 0.25) is 5.02 Å². The molecule has 4 rings (SSSR count). The normalized spacial score (nSPS) is 14.9. The fraction of sp³-hybridized carbons (Fsp3) is 0.519. The number of carbonyl (C=O) groups excluding carboxylic acids is 1. The van der Waals surface area contributed by atoms with Gasteiger partial charge in [0.25, 0.3) is 0 Å². The number of ether oxygens (including phenoxy) is 1. The third-order valence-electron chi connectivity index (χ3n) is 6.59. The topological polar surface area (TPSA) is 78.8 Å². The number of piperazine rings is 1.